The van der Waals surface area contributed by atoms with E-state index in [4.69, 9.17) is 10.5 Å². The lowest BCUT2D eigenvalue weighted by Crippen LogP contribution is -2.09. The Morgan fingerprint density at radius 3 is 2.94 bits per heavy atom. The molecule has 1 fully saturated rings. The van der Waals surface area contributed by atoms with Crippen LogP contribution in [0.25, 0.3) is 0 Å². The van der Waals surface area contributed by atoms with Gasteiger partial charge in [-0.05, 0) is 37.3 Å². The Hall–Kier alpha value is -1.29. The van der Waals surface area contributed by atoms with Crippen molar-refractivity contribution >= 4 is 11.4 Å². The van der Waals surface area contributed by atoms with Gasteiger partial charge in [0.1, 0.15) is 5.82 Å². The van der Waals surface area contributed by atoms with Crippen LogP contribution in [0.1, 0.15) is 19.3 Å². The number of halogens is 1. The van der Waals surface area contributed by atoms with Gasteiger partial charge in [0.25, 0.3) is 0 Å². The van der Waals surface area contributed by atoms with E-state index in [1.54, 1.807) is 12.1 Å². The number of rotatable bonds is 7. The van der Waals surface area contributed by atoms with Gasteiger partial charge in [0, 0.05) is 19.8 Å². The van der Waals surface area contributed by atoms with Crippen molar-refractivity contribution in [2.24, 2.45) is 5.92 Å². The zero-order chi connectivity index (χ0) is 12.1. The third kappa shape index (κ3) is 3.89. The summed E-state index contributed by atoms with van der Waals surface area (Å²) >= 11 is 0. The first-order valence-electron chi connectivity index (χ1n) is 6.13. The van der Waals surface area contributed by atoms with Crippen LogP contribution in [0, 0.1) is 11.7 Å². The van der Waals surface area contributed by atoms with E-state index < -0.39 is 0 Å². The molecule has 1 aliphatic carbocycles. The molecule has 94 valence electrons. The predicted octanol–water partition coefficient (Wildman–Crippen LogP) is 2.64. The number of hydrogen-bond donors (Lipinski definition) is 2. The minimum Gasteiger partial charge on any atom is -0.397 e. The summed E-state index contributed by atoms with van der Waals surface area (Å²) in [4.78, 5) is 0. The number of hydrogen-bond acceptors (Lipinski definition) is 3. The van der Waals surface area contributed by atoms with Crippen LogP contribution in [0.4, 0.5) is 15.8 Å². The lowest BCUT2D eigenvalue weighted by Gasteiger charge is -2.10. The Balaban J connectivity index is 1.63. The van der Waals surface area contributed by atoms with Gasteiger partial charge in [-0.1, -0.05) is 6.07 Å². The van der Waals surface area contributed by atoms with Crippen LogP contribution in [-0.2, 0) is 4.74 Å². The van der Waals surface area contributed by atoms with Crippen LogP contribution in [0.2, 0.25) is 0 Å². The molecule has 2 rings (SSSR count). The van der Waals surface area contributed by atoms with Crippen LogP contribution in [0.15, 0.2) is 18.2 Å². The van der Waals surface area contributed by atoms with Gasteiger partial charge in [0.15, 0.2) is 0 Å². The second kappa shape index (κ2) is 5.87. The summed E-state index contributed by atoms with van der Waals surface area (Å²) in [6, 6.07) is 4.70. The van der Waals surface area contributed by atoms with Crippen LogP contribution in [0.5, 0.6) is 0 Å². The van der Waals surface area contributed by atoms with Crippen molar-refractivity contribution in [2.75, 3.05) is 30.8 Å². The number of nitrogens with one attached hydrogen (secondary N) is 1. The average molecular weight is 238 g/mol. The topological polar surface area (TPSA) is 47.3 Å². The monoisotopic (exact) mass is 238 g/mol. The fourth-order valence-corrected chi connectivity index (χ4v) is 1.65. The summed E-state index contributed by atoms with van der Waals surface area (Å²) in [6.07, 6.45) is 3.48. The first-order valence-corrected chi connectivity index (χ1v) is 6.13. The lowest BCUT2D eigenvalue weighted by atomic mass is 10.2. The number of nitrogens with two attached hydrogens (primary N) is 1. The van der Waals surface area contributed by atoms with E-state index in [1.807, 2.05) is 0 Å². The summed E-state index contributed by atoms with van der Waals surface area (Å²) in [5.41, 5.74) is 6.52. The second-order valence-corrected chi connectivity index (χ2v) is 4.50. The summed E-state index contributed by atoms with van der Waals surface area (Å²) in [5, 5.41) is 3.00. The maximum absolute atomic E-state index is 13.4. The van der Waals surface area contributed by atoms with Gasteiger partial charge in [-0.3, -0.25) is 0 Å². The molecule has 4 heteroatoms. The van der Waals surface area contributed by atoms with Gasteiger partial charge >= 0.3 is 0 Å². The third-order valence-corrected chi connectivity index (χ3v) is 2.86. The summed E-state index contributed by atoms with van der Waals surface area (Å²) in [5.74, 6) is 0.495. The minimum atomic E-state index is -0.302. The molecule has 0 bridgehead atoms. The van der Waals surface area contributed by atoms with Crippen molar-refractivity contribution in [3.05, 3.63) is 24.0 Å². The maximum Gasteiger partial charge on any atom is 0.148 e. The van der Waals surface area contributed by atoms with Gasteiger partial charge in [-0.25, -0.2) is 4.39 Å². The summed E-state index contributed by atoms with van der Waals surface area (Å²) in [6.45, 7) is 2.27. The molecule has 0 heterocycles. The molecule has 1 aliphatic rings. The highest BCUT2D eigenvalue weighted by Gasteiger charge is 2.20. The molecular formula is C13H19FN2O. The van der Waals surface area contributed by atoms with Crippen molar-refractivity contribution in [1.82, 2.24) is 0 Å². The van der Waals surface area contributed by atoms with Crippen molar-refractivity contribution < 1.29 is 9.13 Å². The fraction of sp³-hybridized carbons (Fsp3) is 0.538. The molecule has 1 aromatic carbocycles. The van der Waals surface area contributed by atoms with Crippen molar-refractivity contribution in [2.45, 2.75) is 19.3 Å². The number of para-hydroxylation sites is 1. The molecule has 3 N–H and O–H groups in total. The van der Waals surface area contributed by atoms with Crippen LogP contribution >= 0.6 is 0 Å². The highest BCUT2D eigenvalue weighted by Crippen LogP contribution is 2.28. The molecule has 0 radical (unpaired) electrons. The first-order chi connectivity index (χ1) is 8.27. The number of anilines is 2. The Bertz CT molecular complexity index is 346. The zero-order valence-electron chi connectivity index (χ0n) is 9.92. The van der Waals surface area contributed by atoms with Crippen LogP contribution < -0.4 is 11.1 Å². The Morgan fingerprint density at radius 1 is 1.41 bits per heavy atom. The molecule has 0 atom stereocenters. The Morgan fingerprint density at radius 2 is 2.24 bits per heavy atom. The molecule has 17 heavy (non-hydrogen) atoms. The third-order valence-electron chi connectivity index (χ3n) is 2.86. The number of nitrogen functional groups attached to an aromatic ring is 1. The van der Waals surface area contributed by atoms with Gasteiger partial charge in [0.05, 0.1) is 11.4 Å². The first kappa shape index (κ1) is 12.2. The minimum absolute atomic E-state index is 0.302. The normalized spacial score (nSPS) is 14.9. The molecule has 0 unspecified atom stereocenters. The molecule has 0 amide bonds. The fourth-order valence-electron chi connectivity index (χ4n) is 1.65. The molecule has 0 spiro atoms. The van der Waals surface area contributed by atoms with E-state index in [1.165, 1.54) is 18.9 Å². The van der Waals surface area contributed by atoms with E-state index >= 15 is 0 Å². The van der Waals surface area contributed by atoms with Gasteiger partial charge in [-0.15, -0.1) is 0 Å². The van der Waals surface area contributed by atoms with Crippen LogP contribution in [0.3, 0.4) is 0 Å². The molecule has 1 saturated carbocycles. The molecule has 0 aliphatic heterocycles. The van der Waals surface area contributed by atoms with Crippen molar-refractivity contribution in [3.8, 4) is 0 Å². The van der Waals surface area contributed by atoms with Gasteiger partial charge in [-0.2, -0.15) is 0 Å². The predicted molar refractivity (Wildman–Crippen MR) is 67.5 cm³/mol. The van der Waals surface area contributed by atoms with E-state index in [2.05, 4.69) is 5.32 Å². The van der Waals surface area contributed by atoms with Crippen molar-refractivity contribution in [1.29, 1.82) is 0 Å². The van der Waals surface area contributed by atoms with Crippen LogP contribution in [-0.4, -0.2) is 19.8 Å². The summed E-state index contributed by atoms with van der Waals surface area (Å²) < 4.78 is 18.9. The highest BCUT2D eigenvalue weighted by atomic mass is 19.1. The molecule has 3 nitrogen and oxygen atoms in total. The largest absolute Gasteiger partial charge is 0.397 e. The second-order valence-electron chi connectivity index (χ2n) is 4.50. The quantitative estimate of drug-likeness (QED) is 0.567. The Labute approximate surface area is 101 Å². The molecular weight excluding hydrogens is 219 g/mol. The standard InChI is InChI=1S/C13H19FN2O/c14-11-3-1-4-12(15)13(11)16-7-2-8-17-9-10-5-6-10/h1,3-4,10,16H,2,5-9,15H2. The smallest absolute Gasteiger partial charge is 0.148 e. The Kier molecular flexibility index (Phi) is 4.20. The highest BCUT2D eigenvalue weighted by molar-refractivity contribution is 5.66. The molecule has 1 aromatic rings. The average Bonchev–Trinajstić information content (AvgIpc) is 3.10. The maximum atomic E-state index is 13.4. The van der Waals surface area contributed by atoms with E-state index in [0.717, 1.165) is 25.6 Å². The number of benzene rings is 1. The van der Waals surface area contributed by atoms with Gasteiger partial charge < -0.3 is 15.8 Å². The zero-order valence-corrected chi connectivity index (χ0v) is 9.92. The van der Waals surface area contributed by atoms with Gasteiger partial charge in [0.2, 0.25) is 0 Å². The van der Waals surface area contributed by atoms with Crippen molar-refractivity contribution in [3.63, 3.8) is 0 Å². The lowest BCUT2D eigenvalue weighted by molar-refractivity contribution is 0.124. The van der Waals surface area contributed by atoms with E-state index in [-0.39, 0.29) is 5.82 Å². The molecule has 0 aromatic heterocycles. The summed E-state index contributed by atoms with van der Waals surface area (Å²) in [7, 11) is 0. The number of ether oxygens (including phenoxy) is 1. The van der Waals surface area contributed by atoms with E-state index in [9.17, 15) is 4.39 Å². The SMILES string of the molecule is Nc1cccc(F)c1NCCCOCC1CC1. The molecule has 0 saturated heterocycles. The van der Waals surface area contributed by atoms with E-state index in [0.29, 0.717) is 17.9 Å².